The zero-order valence-corrected chi connectivity index (χ0v) is 18.8. The molecule has 0 aromatic heterocycles. The first-order valence-corrected chi connectivity index (χ1v) is 9.98. The highest BCUT2D eigenvalue weighted by Gasteiger charge is 2.66. The highest BCUT2D eigenvalue weighted by molar-refractivity contribution is 14.0. The minimum Gasteiger partial charge on any atom is -0.379 e. The molecule has 2 aliphatic carbocycles. The van der Waals surface area contributed by atoms with Crippen LogP contribution in [0, 0.1) is 11.3 Å². The number of morpholine rings is 1. The fourth-order valence-electron chi connectivity index (χ4n) is 5.38. The largest absolute Gasteiger partial charge is 0.379 e. The molecule has 4 rings (SSSR count). The van der Waals surface area contributed by atoms with Crippen molar-refractivity contribution in [3.8, 4) is 0 Å². The molecule has 0 aromatic carbocycles. The van der Waals surface area contributed by atoms with E-state index in [0.717, 1.165) is 45.4 Å². The molecule has 7 heteroatoms. The standard InChI is InChI=1S/C19H34N4O2.HI/c1-18(2,23-8-11-24-12-9-23)13-21-17(20-3)22-15-14-5-10-25-16(14)19(15)6-4-7-19;/h14-16H,4-13H2,1-3H3,(H2,20,21,22);1H. The Bertz CT molecular complexity index is 518. The number of rotatable bonds is 4. The van der Waals surface area contributed by atoms with Crippen molar-refractivity contribution in [2.24, 2.45) is 16.3 Å². The van der Waals surface area contributed by atoms with Gasteiger partial charge in [0.1, 0.15) is 0 Å². The van der Waals surface area contributed by atoms with Gasteiger partial charge in [-0.05, 0) is 33.1 Å². The number of ether oxygens (including phenoxy) is 2. The smallest absolute Gasteiger partial charge is 0.191 e. The van der Waals surface area contributed by atoms with E-state index in [4.69, 9.17) is 9.47 Å². The topological polar surface area (TPSA) is 58.1 Å². The number of halogens is 1. The van der Waals surface area contributed by atoms with Gasteiger partial charge in [0.25, 0.3) is 0 Å². The van der Waals surface area contributed by atoms with Gasteiger partial charge in [-0.15, -0.1) is 24.0 Å². The van der Waals surface area contributed by atoms with Crippen LogP contribution < -0.4 is 10.6 Å². The van der Waals surface area contributed by atoms with Crippen molar-refractivity contribution in [3.05, 3.63) is 0 Å². The van der Waals surface area contributed by atoms with Crippen molar-refractivity contribution in [1.29, 1.82) is 0 Å². The van der Waals surface area contributed by atoms with Crippen molar-refractivity contribution in [3.63, 3.8) is 0 Å². The number of guanidine groups is 1. The van der Waals surface area contributed by atoms with Crippen LogP contribution in [-0.4, -0.2) is 75.0 Å². The summed E-state index contributed by atoms with van der Waals surface area (Å²) in [5.41, 5.74) is 0.479. The second-order valence-electron chi connectivity index (χ2n) is 8.79. The van der Waals surface area contributed by atoms with Crippen LogP contribution in [0.25, 0.3) is 0 Å². The van der Waals surface area contributed by atoms with Crippen LogP contribution in [0.2, 0.25) is 0 Å². The molecule has 150 valence electrons. The summed E-state index contributed by atoms with van der Waals surface area (Å²) in [6.07, 6.45) is 5.66. The number of hydrogen-bond acceptors (Lipinski definition) is 4. The Hall–Kier alpha value is -0.120. The second kappa shape index (κ2) is 8.09. The van der Waals surface area contributed by atoms with Gasteiger partial charge in [0, 0.05) is 56.2 Å². The normalized spacial score (nSPS) is 33.7. The lowest BCUT2D eigenvalue weighted by Crippen LogP contribution is -2.72. The monoisotopic (exact) mass is 478 g/mol. The maximum absolute atomic E-state index is 6.03. The summed E-state index contributed by atoms with van der Waals surface area (Å²) in [7, 11) is 1.88. The molecule has 2 saturated heterocycles. The van der Waals surface area contributed by atoms with E-state index in [2.05, 4.69) is 34.4 Å². The first-order chi connectivity index (χ1) is 12.1. The number of hydrogen-bond donors (Lipinski definition) is 2. The molecule has 3 atom stereocenters. The van der Waals surface area contributed by atoms with Gasteiger partial charge < -0.3 is 20.1 Å². The first kappa shape index (κ1) is 20.6. The van der Waals surface area contributed by atoms with Gasteiger partial charge >= 0.3 is 0 Å². The molecule has 2 N–H and O–H groups in total. The van der Waals surface area contributed by atoms with Crippen LogP contribution in [0.3, 0.4) is 0 Å². The van der Waals surface area contributed by atoms with E-state index in [1.165, 1.54) is 25.7 Å². The third kappa shape index (κ3) is 3.49. The van der Waals surface area contributed by atoms with E-state index in [1.807, 2.05) is 7.05 Å². The lowest BCUT2D eigenvalue weighted by Gasteiger charge is -2.63. The molecule has 2 heterocycles. The van der Waals surface area contributed by atoms with Crippen LogP contribution >= 0.6 is 24.0 Å². The summed E-state index contributed by atoms with van der Waals surface area (Å²) in [5, 5.41) is 7.35. The van der Waals surface area contributed by atoms with E-state index in [0.29, 0.717) is 23.5 Å². The van der Waals surface area contributed by atoms with Crippen LogP contribution in [0.5, 0.6) is 0 Å². The second-order valence-corrected chi connectivity index (χ2v) is 8.79. The maximum atomic E-state index is 6.03. The lowest BCUT2D eigenvalue weighted by molar-refractivity contribution is -0.171. The molecule has 6 nitrogen and oxygen atoms in total. The molecule has 4 fully saturated rings. The van der Waals surface area contributed by atoms with Crippen molar-refractivity contribution >= 4 is 29.9 Å². The van der Waals surface area contributed by atoms with E-state index >= 15 is 0 Å². The zero-order valence-electron chi connectivity index (χ0n) is 16.4. The summed E-state index contributed by atoms with van der Waals surface area (Å²) in [5.74, 6) is 1.62. The quantitative estimate of drug-likeness (QED) is 0.367. The first-order valence-electron chi connectivity index (χ1n) is 9.98. The van der Waals surface area contributed by atoms with E-state index in [9.17, 15) is 0 Å². The molecule has 0 aromatic rings. The molecule has 3 unspecified atom stereocenters. The van der Waals surface area contributed by atoms with E-state index < -0.39 is 0 Å². The van der Waals surface area contributed by atoms with Crippen molar-refractivity contribution in [2.45, 2.75) is 57.2 Å². The number of aliphatic imine (C=N–C) groups is 1. The predicted molar refractivity (Wildman–Crippen MR) is 114 cm³/mol. The number of fused-ring (bicyclic) bond motifs is 2. The third-order valence-electron chi connectivity index (χ3n) is 7.11. The summed E-state index contributed by atoms with van der Waals surface area (Å²) < 4.78 is 11.5. The molecule has 0 amide bonds. The Morgan fingerprint density at radius 2 is 1.96 bits per heavy atom. The molecule has 0 bridgehead atoms. The van der Waals surface area contributed by atoms with Crippen molar-refractivity contribution in [2.75, 3.05) is 46.5 Å². The van der Waals surface area contributed by atoms with Crippen LogP contribution in [-0.2, 0) is 9.47 Å². The highest BCUT2D eigenvalue weighted by atomic mass is 127. The highest BCUT2D eigenvalue weighted by Crippen LogP contribution is 2.62. The zero-order chi connectivity index (χ0) is 17.5. The number of nitrogens with one attached hydrogen (secondary N) is 2. The van der Waals surface area contributed by atoms with Gasteiger partial charge in [-0.2, -0.15) is 0 Å². The fraction of sp³-hybridized carbons (Fsp3) is 0.947. The van der Waals surface area contributed by atoms with Crippen LogP contribution in [0.1, 0.15) is 39.5 Å². The molecular formula is C19H35IN4O2. The average molecular weight is 478 g/mol. The molecule has 4 aliphatic rings. The summed E-state index contributed by atoms with van der Waals surface area (Å²) in [4.78, 5) is 7.01. The van der Waals surface area contributed by atoms with Gasteiger partial charge in [0.05, 0.1) is 19.3 Å². The van der Waals surface area contributed by atoms with Crippen LogP contribution in [0.15, 0.2) is 4.99 Å². The lowest BCUT2D eigenvalue weighted by atomic mass is 9.46. The summed E-state index contributed by atoms with van der Waals surface area (Å²) in [6, 6.07) is 0.534. The van der Waals surface area contributed by atoms with Gasteiger partial charge in [0.2, 0.25) is 0 Å². The van der Waals surface area contributed by atoms with Gasteiger partial charge in [-0.1, -0.05) is 6.42 Å². The SMILES string of the molecule is CN=C(NCC(C)(C)N1CCOCC1)NC1C2CCOC2C12CCC2.I. The maximum Gasteiger partial charge on any atom is 0.191 e. The summed E-state index contributed by atoms with van der Waals surface area (Å²) in [6.45, 7) is 10.1. The average Bonchev–Trinajstić information content (AvgIpc) is 2.99. The number of nitrogens with zero attached hydrogens (tertiary/aromatic N) is 2. The predicted octanol–water partition coefficient (Wildman–Crippen LogP) is 1.84. The minimum absolute atomic E-state index is 0. The minimum atomic E-state index is 0. The summed E-state index contributed by atoms with van der Waals surface area (Å²) >= 11 is 0. The Morgan fingerprint density at radius 3 is 2.58 bits per heavy atom. The van der Waals surface area contributed by atoms with Crippen LogP contribution in [0.4, 0.5) is 0 Å². The molecule has 2 aliphatic heterocycles. The van der Waals surface area contributed by atoms with Crippen molar-refractivity contribution < 1.29 is 9.47 Å². The van der Waals surface area contributed by atoms with E-state index in [-0.39, 0.29) is 29.5 Å². The molecule has 2 saturated carbocycles. The molecule has 1 spiro atoms. The van der Waals surface area contributed by atoms with E-state index in [1.54, 1.807) is 0 Å². The van der Waals surface area contributed by atoms with Gasteiger partial charge in [-0.3, -0.25) is 9.89 Å². The third-order valence-corrected chi connectivity index (χ3v) is 7.11. The Kier molecular flexibility index (Phi) is 6.41. The van der Waals surface area contributed by atoms with Crippen molar-refractivity contribution in [1.82, 2.24) is 15.5 Å². The Balaban J connectivity index is 0.00000196. The fourth-order valence-corrected chi connectivity index (χ4v) is 5.38. The van der Waals surface area contributed by atoms with Gasteiger partial charge in [0.15, 0.2) is 5.96 Å². The Labute approximate surface area is 174 Å². The molecular weight excluding hydrogens is 443 g/mol. The van der Waals surface area contributed by atoms with Gasteiger partial charge in [-0.25, -0.2) is 0 Å². The molecule has 0 radical (unpaired) electrons. The molecule has 26 heavy (non-hydrogen) atoms. The Morgan fingerprint density at radius 1 is 1.23 bits per heavy atom.